The molecule has 0 amide bonds. The summed E-state index contributed by atoms with van der Waals surface area (Å²) in [6.07, 6.45) is 3.80. The van der Waals surface area contributed by atoms with E-state index in [2.05, 4.69) is 62.1 Å². The summed E-state index contributed by atoms with van der Waals surface area (Å²) in [7, 11) is 0. The van der Waals surface area contributed by atoms with Gasteiger partial charge in [0.25, 0.3) is 0 Å². The maximum absolute atomic E-state index is 6.23. The lowest BCUT2D eigenvalue weighted by Crippen LogP contribution is -2.37. The average molecular weight is 361 g/mol. The summed E-state index contributed by atoms with van der Waals surface area (Å²) in [5.74, 6) is 1.93. The summed E-state index contributed by atoms with van der Waals surface area (Å²) in [5.41, 5.74) is 4.71. The van der Waals surface area contributed by atoms with Crippen molar-refractivity contribution in [2.45, 2.75) is 52.7 Å². The van der Waals surface area contributed by atoms with Crippen molar-refractivity contribution in [2.75, 3.05) is 11.4 Å². The molecule has 2 aromatic carbocycles. The Kier molecular flexibility index (Phi) is 5.02. The Morgan fingerprint density at radius 3 is 2.81 bits per heavy atom. The number of piperidine rings is 1. The molecule has 1 saturated heterocycles. The molecule has 0 spiro atoms. The van der Waals surface area contributed by atoms with Crippen molar-refractivity contribution in [3.05, 3.63) is 65.2 Å². The van der Waals surface area contributed by atoms with Crippen LogP contribution in [0.2, 0.25) is 0 Å². The van der Waals surface area contributed by atoms with Crippen LogP contribution in [0.3, 0.4) is 0 Å². The summed E-state index contributed by atoms with van der Waals surface area (Å²) in [5, 5.41) is 1.13. The lowest BCUT2D eigenvalue weighted by atomic mass is 10.0. The third-order valence-electron chi connectivity index (χ3n) is 5.65. The third-order valence-corrected chi connectivity index (χ3v) is 5.65. The minimum atomic E-state index is 0.548. The number of ether oxygens (including phenoxy) is 1. The van der Waals surface area contributed by atoms with Crippen molar-refractivity contribution in [2.24, 2.45) is 0 Å². The Morgan fingerprint density at radius 1 is 1.07 bits per heavy atom. The fourth-order valence-corrected chi connectivity index (χ4v) is 3.94. The van der Waals surface area contributed by atoms with Crippen molar-refractivity contribution in [1.82, 2.24) is 4.98 Å². The average Bonchev–Trinajstić information content (AvgIpc) is 2.68. The molecule has 0 saturated carbocycles. The fraction of sp³-hybridized carbons (Fsp3) is 0.375. The number of anilines is 1. The highest BCUT2D eigenvalue weighted by Crippen LogP contribution is 2.30. The van der Waals surface area contributed by atoms with Crippen LogP contribution in [0.4, 0.5) is 5.82 Å². The van der Waals surface area contributed by atoms with Gasteiger partial charge in [0.15, 0.2) is 0 Å². The number of para-hydroxylation sites is 1. The van der Waals surface area contributed by atoms with E-state index < -0.39 is 0 Å². The standard InChI is InChI=1S/C24H28N2O/c1-17-10-11-18(2)21(15-17)16-27-22-9-6-8-20-12-13-23(25-24(20)22)26-14-5-4-7-19(26)3/h6,8-13,15,19H,4-5,7,14,16H2,1-3H3. The number of pyridine rings is 1. The molecule has 1 unspecified atom stereocenters. The first-order chi connectivity index (χ1) is 13.1. The van der Waals surface area contributed by atoms with E-state index >= 15 is 0 Å². The quantitative estimate of drug-likeness (QED) is 0.587. The van der Waals surface area contributed by atoms with Gasteiger partial charge in [0.1, 0.15) is 23.7 Å². The Labute approximate surface area is 162 Å². The van der Waals surface area contributed by atoms with E-state index in [4.69, 9.17) is 9.72 Å². The molecule has 3 nitrogen and oxygen atoms in total. The minimum absolute atomic E-state index is 0.548. The summed E-state index contributed by atoms with van der Waals surface area (Å²) in [6.45, 7) is 8.21. The first-order valence-corrected chi connectivity index (χ1v) is 9.97. The topological polar surface area (TPSA) is 25.4 Å². The maximum atomic E-state index is 6.23. The molecule has 3 aromatic rings. The Hall–Kier alpha value is -2.55. The molecule has 1 aromatic heterocycles. The highest BCUT2D eigenvalue weighted by Gasteiger charge is 2.20. The van der Waals surface area contributed by atoms with Crippen LogP contribution < -0.4 is 9.64 Å². The number of fused-ring (bicyclic) bond motifs is 1. The zero-order valence-corrected chi connectivity index (χ0v) is 16.5. The highest BCUT2D eigenvalue weighted by molar-refractivity contribution is 5.86. The van der Waals surface area contributed by atoms with E-state index in [0.29, 0.717) is 12.6 Å². The highest BCUT2D eigenvalue weighted by atomic mass is 16.5. The van der Waals surface area contributed by atoms with Crippen LogP contribution in [0.15, 0.2) is 48.5 Å². The van der Waals surface area contributed by atoms with E-state index in [9.17, 15) is 0 Å². The van der Waals surface area contributed by atoms with Crippen molar-refractivity contribution in [1.29, 1.82) is 0 Å². The molecule has 4 rings (SSSR count). The van der Waals surface area contributed by atoms with Gasteiger partial charge in [-0.1, -0.05) is 35.9 Å². The first-order valence-electron chi connectivity index (χ1n) is 9.97. The van der Waals surface area contributed by atoms with E-state index in [1.54, 1.807) is 0 Å². The predicted molar refractivity (Wildman–Crippen MR) is 113 cm³/mol. The summed E-state index contributed by atoms with van der Waals surface area (Å²) in [6, 6.07) is 17.6. The summed E-state index contributed by atoms with van der Waals surface area (Å²) >= 11 is 0. The van der Waals surface area contributed by atoms with Gasteiger partial charge in [-0.3, -0.25) is 0 Å². The molecule has 3 heteroatoms. The SMILES string of the molecule is Cc1ccc(C)c(COc2cccc3ccc(N4CCCCC4C)nc23)c1. The predicted octanol–water partition coefficient (Wildman–Crippen LogP) is 5.81. The Bertz CT molecular complexity index is 950. The number of nitrogens with zero attached hydrogens (tertiary/aromatic N) is 2. The molecular weight excluding hydrogens is 332 g/mol. The van der Waals surface area contributed by atoms with E-state index in [1.807, 2.05) is 12.1 Å². The Balaban J connectivity index is 1.64. The van der Waals surface area contributed by atoms with Crippen LogP contribution >= 0.6 is 0 Å². The van der Waals surface area contributed by atoms with Gasteiger partial charge in [0.05, 0.1) is 0 Å². The van der Waals surface area contributed by atoms with Crippen LogP contribution in [0.25, 0.3) is 10.9 Å². The van der Waals surface area contributed by atoms with E-state index in [1.165, 1.54) is 36.0 Å². The third kappa shape index (κ3) is 3.78. The van der Waals surface area contributed by atoms with Crippen molar-refractivity contribution < 1.29 is 4.74 Å². The molecule has 0 N–H and O–H groups in total. The molecule has 27 heavy (non-hydrogen) atoms. The smallest absolute Gasteiger partial charge is 0.146 e. The van der Waals surface area contributed by atoms with Gasteiger partial charge in [-0.15, -0.1) is 0 Å². The van der Waals surface area contributed by atoms with Crippen molar-refractivity contribution in [3.8, 4) is 5.75 Å². The number of benzene rings is 2. The number of hydrogen-bond acceptors (Lipinski definition) is 3. The maximum Gasteiger partial charge on any atom is 0.146 e. The molecule has 1 atom stereocenters. The normalized spacial score (nSPS) is 17.3. The van der Waals surface area contributed by atoms with Gasteiger partial charge in [-0.2, -0.15) is 0 Å². The first kappa shape index (κ1) is 17.8. The van der Waals surface area contributed by atoms with Crippen LogP contribution in [-0.4, -0.2) is 17.6 Å². The lowest BCUT2D eigenvalue weighted by Gasteiger charge is -2.34. The van der Waals surface area contributed by atoms with Crippen LogP contribution in [0.5, 0.6) is 5.75 Å². The summed E-state index contributed by atoms with van der Waals surface area (Å²) < 4.78 is 6.23. The molecule has 140 valence electrons. The molecule has 1 aliphatic rings. The van der Waals surface area contributed by atoms with Gasteiger partial charge in [-0.25, -0.2) is 4.98 Å². The zero-order valence-electron chi connectivity index (χ0n) is 16.5. The van der Waals surface area contributed by atoms with E-state index in [0.717, 1.165) is 29.0 Å². The summed E-state index contributed by atoms with van der Waals surface area (Å²) in [4.78, 5) is 7.44. The van der Waals surface area contributed by atoms with E-state index in [-0.39, 0.29) is 0 Å². The van der Waals surface area contributed by atoms with Crippen molar-refractivity contribution >= 4 is 16.7 Å². The molecule has 0 bridgehead atoms. The molecule has 0 aliphatic carbocycles. The second kappa shape index (κ2) is 7.59. The van der Waals surface area contributed by atoms with Gasteiger partial charge >= 0.3 is 0 Å². The van der Waals surface area contributed by atoms with Gasteiger partial charge in [-0.05, 0) is 69.4 Å². The second-order valence-corrected chi connectivity index (χ2v) is 7.75. The second-order valence-electron chi connectivity index (χ2n) is 7.75. The number of rotatable bonds is 4. The van der Waals surface area contributed by atoms with Gasteiger partial charge < -0.3 is 9.64 Å². The largest absolute Gasteiger partial charge is 0.487 e. The number of aromatic nitrogens is 1. The lowest BCUT2D eigenvalue weighted by molar-refractivity contribution is 0.308. The molecular formula is C24H28N2O. The monoisotopic (exact) mass is 360 g/mol. The number of aryl methyl sites for hydroxylation is 2. The fourth-order valence-electron chi connectivity index (χ4n) is 3.94. The number of hydrogen-bond donors (Lipinski definition) is 0. The minimum Gasteiger partial charge on any atom is -0.487 e. The van der Waals surface area contributed by atoms with Gasteiger partial charge in [0.2, 0.25) is 0 Å². The van der Waals surface area contributed by atoms with Crippen LogP contribution in [-0.2, 0) is 6.61 Å². The van der Waals surface area contributed by atoms with Crippen LogP contribution in [0.1, 0.15) is 42.9 Å². The van der Waals surface area contributed by atoms with Crippen molar-refractivity contribution in [3.63, 3.8) is 0 Å². The molecule has 1 aliphatic heterocycles. The zero-order chi connectivity index (χ0) is 18.8. The molecule has 2 heterocycles. The Morgan fingerprint density at radius 2 is 1.96 bits per heavy atom. The van der Waals surface area contributed by atoms with Gasteiger partial charge in [0, 0.05) is 18.0 Å². The molecule has 0 radical (unpaired) electrons. The molecule has 1 fully saturated rings. The van der Waals surface area contributed by atoms with Crippen LogP contribution in [0, 0.1) is 13.8 Å².